The minimum absolute atomic E-state index is 0.0937. The van der Waals surface area contributed by atoms with E-state index in [2.05, 4.69) is 16.4 Å². The van der Waals surface area contributed by atoms with Gasteiger partial charge in [-0.25, -0.2) is 4.98 Å². The first-order valence-electron chi connectivity index (χ1n) is 5.80. The number of thioether (sulfide) groups is 1. The summed E-state index contributed by atoms with van der Waals surface area (Å²) in [4.78, 5) is 16.1. The summed E-state index contributed by atoms with van der Waals surface area (Å²) < 4.78 is 0.896. The minimum atomic E-state index is -0.698. The number of carbonyl (C=O) groups is 1. The van der Waals surface area contributed by atoms with Crippen LogP contribution in [0.1, 0.15) is 25.5 Å². The van der Waals surface area contributed by atoms with E-state index >= 15 is 0 Å². The number of hydrogen-bond acceptors (Lipinski definition) is 5. The van der Waals surface area contributed by atoms with Gasteiger partial charge in [0.1, 0.15) is 5.54 Å². The predicted molar refractivity (Wildman–Crippen MR) is 72.5 cm³/mol. The number of rotatable bonds is 5. The minimum Gasteiger partial charge on any atom is -0.337 e. The Balaban J connectivity index is 1.83. The molecule has 1 aromatic heterocycles. The van der Waals surface area contributed by atoms with Crippen molar-refractivity contribution >= 4 is 29.0 Å². The maximum atomic E-state index is 11.8. The third-order valence-corrected chi connectivity index (χ3v) is 5.09. The maximum Gasteiger partial charge on any atom is 0.231 e. The first-order chi connectivity index (χ1) is 8.53. The third-order valence-electron chi connectivity index (χ3n) is 2.95. The number of thiazole rings is 1. The Bertz CT molecular complexity index is 490. The van der Waals surface area contributed by atoms with Gasteiger partial charge in [-0.2, -0.15) is 5.26 Å². The van der Waals surface area contributed by atoms with Crippen molar-refractivity contribution in [1.29, 1.82) is 5.26 Å². The van der Waals surface area contributed by atoms with Crippen LogP contribution in [0.2, 0.25) is 0 Å². The fourth-order valence-corrected chi connectivity index (χ4v) is 3.38. The Morgan fingerprint density at radius 3 is 3.00 bits per heavy atom. The van der Waals surface area contributed by atoms with Gasteiger partial charge in [-0.15, -0.1) is 11.3 Å². The summed E-state index contributed by atoms with van der Waals surface area (Å²) >= 11 is 2.96. The summed E-state index contributed by atoms with van der Waals surface area (Å²) in [6.45, 7) is 3.74. The molecule has 6 heteroatoms. The number of amides is 1. The van der Waals surface area contributed by atoms with Gasteiger partial charge in [0.2, 0.25) is 5.91 Å². The van der Waals surface area contributed by atoms with Gasteiger partial charge < -0.3 is 5.32 Å². The molecule has 0 radical (unpaired) electrons. The van der Waals surface area contributed by atoms with Crippen LogP contribution in [0.3, 0.4) is 0 Å². The first-order valence-corrected chi connectivity index (χ1v) is 7.67. The van der Waals surface area contributed by atoms with Gasteiger partial charge in [0.15, 0.2) is 4.34 Å². The van der Waals surface area contributed by atoms with Gasteiger partial charge in [0.05, 0.1) is 11.8 Å². The number of nitriles is 1. The average molecular weight is 281 g/mol. The zero-order valence-electron chi connectivity index (χ0n) is 10.4. The molecule has 0 aliphatic heterocycles. The van der Waals surface area contributed by atoms with Crippen LogP contribution in [0.15, 0.2) is 9.72 Å². The molecule has 18 heavy (non-hydrogen) atoms. The molecule has 4 nitrogen and oxygen atoms in total. The summed E-state index contributed by atoms with van der Waals surface area (Å²) in [5.41, 5.74) is 0.277. The highest BCUT2D eigenvalue weighted by Crippen LogP contribution is 2.39. The van der Waals surface area contributed by atoms with E-state index in [4.69, 9.17) is 5.26 Å². The molecule has 0 saturated heterocycles. The van der Waals surface area contributed by atoms with Gasteiger partial charge in [0, 0.05) is 11.1 Å². The van der Waals surface area contributed by atoms with Crippen LogP contribution in [-0.4, -0.2) is 22.2 Å². The molecule has 96 valence electrons. The Morgan fingerprint density at radius 1 is 1.78 bits per heavy atom. The third kappa shape index (κ3) is 3.24. The number of nitrogens with zero attached hydrogens (tertiary/aromatic N) is 2. The standard InChI is InChI=1S/C12H15N3OS2/c1-8-5-17-11(14-8)18-6-10(16)15-12(2,7-13)9-3-4-9/h5,9H,3-4,6H2,1-2H3,(H,15,16)/t12-/m1/s1. The van der Waals surface area contributed by atoms with Crippen molar-refractivity contribution in [2.24, 2.45) is 5.92 Å². The molecule has 1 aliphatic carbocycles. The van der Waals surface area contributed by atoms with Crippen LogP contribution in [0.5, 0.6) is 0 Å². The Hall–Kier alpha value is -1.06. The van der Waals surface area contributed by atoms with E-state index in [9.17, 15) is 4.79 Å². The number of aromatic nitrogens is 1. The van der Waals surface area contributed by atoms with Crippen molar-refractivity contribution in [2.45, 2.75) is 36.6 Å². The fourth-order valence-electron chi connectivity index (χ4n) is 1.73. The number of hydrogen-bond donors (Lipinski definition) is 1. The number of carbonyl (C=O) groups excluding carboxylic acids is 1. The van der Waals surface area contributed by atoms with E-state index in [1.165, 1.54) is 11.8 Å². The number of aryl methyl sites for hydroxylation is 1. The lowest BCUT2D eigenvalue weighted by Gasteiger charge is -2.22. The topological polar surface area (TPSA) is 65.8 Å². The van der Waals surface area contributed by atoms with E-state index in [1.54, 1.807) is 18.3 Å². The molecule has 1 atom stereocenters. The van der Waals surface area contributed by atoms with Crippen LogP contribution >= 0.6 is 23.1 Å². The Kier molecular flexibility index (Phi) is 3.93. The molecule has 0 aromatic carbocycles. The molecule has 1 saturated carbocycles. The largest absolute Gasteiger partial charge is 0.337 e. The molecule has 1 fully saturated rings. The van der Waals surface area contributed by atoms with E-state index < -0.39 is 5.54 Å². The van der Waals surface area contributed by atoms with Crippen LogP contribution in [0.25, 0.3) is 0 Å². The molecule has 0 bridgehead atoms. The van der Waals surface area contributed by atoms with Crippen molar-refractivity contribution in [3.8, 4) is 6.07 Å². The van der Waals surface area contributed by atoms with Crippen molar-refractivity contribution < 1.29 is 4.79 Å². The first kappa shape index (κ1) is 13.4. The molecule has 1 aliphatic rings. The van der Waals surface area contributed by atoms with Crippen LogP contribution in [0, 0.1) is 24.2 Å². The molecule has 1 heterocycles. The molecular weight excluding hydrogens is 266 g/mol. The van der Waals surface area contributed by atoms with E-state index in [1.807, 2.05) is 12.3 Å². The second-order valence-corrected chi connectivity index (χ2v) is 6.76. The van der Waals surface area contributed by atoms with E-state index in [0.29, 0.717) is 11.7 Å². The van der Waals surface area contributed by atoms with E-state index in [-0.39, 0.29) is 5.91 Å². The van der Waals surface area contributed by atoms with Gasteiger partial charge in [-0.3, -0.25) is 4.79 Å². The average Bonchev–Trinajstić information content (AvgIpc) is 3.11. The highest BCUT2D eigenvalue weighted by Gasteiger charge is 2.42. The molecule has 1 aromatic rings. The van der Waals surface area contributed by atoms with Gasteiger partial charge in [0.25, 0.3) is 0 Å². The van der Waals surface area contributed by atoms with Crippen molar-refractivity contribution in [2.75, 3.05) is 5.75 Å². The van der Waals surface area contributed by atoms with Gasteiger partial charge in [-0.05, 0) is 32.6 Å². The molecule has 1 N–H and O–H groups in total. The maximum absolute atomic E-state index is 11.8. The summed E-state index contributed by atoms with van der Waals surface area (Å²) in [5, 5.41) is 14.0. The Labute approximate surface area is 115 Å². The van der Waals surface area contributed by atoms with Crippen LogP contribution in [-0.2, 0) is 4.79 Å². The monoisotopic (exact) mass is 281 g/mol. The zero-order valence-corrected chi connectivity index (χ0v) is 12.0. The molecular formula is C12H15N3OS2. The highest BCUT2D eigenvalue weighted by molar-refractivity contribution is 8.01. The lowest BCUT2D eigenvalue weighted by atomic mass is 9.98. The van der Waals surface area contributed by atoms with E-state index in [0.717, 1.165) is 22.9 Å². The summed E-state index contributed by atoms with van der Waals surface area (Å²) in [6, 6.07) is 2.22. The Morgan fingerprint density at radius 2 is 2.50 bits per heavy atom. The smallest absolute Gasteiger partial charge is 0.231 e. The van der Waals surface area contributed by atoms with Gasteiger partial charge in [-0.1, -0.05) is 11.8 Å². The zero-order chi connectivity index (χ0) is 13.2. The second kappa shape index (κ2) is 5.29. The van der Waals surface area contributed by atoms with Crippen molar-refractivity contribution in [3.05, 3.63) is 11.1 Å². The highest BCUT2D eigenvalue weighted by atomic mass is 32.2. The summed E-state index contributed by atoms with van der Waals surface area (Å²) in [7, 11) is 0. The molecule has 0 spiro atoms. The molecule has 1 amide bonds. The van der Waals surface area contributed by atoms with Crippen molar-refractivity contribution in [3.63, 3.8) is 0 Å². The molecule has 2 rings (SSSR count). The quantitative estimate of drug-likeness (QED) is 0.841. The van der Waals surface area contributed by atoms with Crippen molar-refractivity contribution in [1.82, 2.24) is 10.3 Å². The second-order valence-electron chi connectivity index (χ2n) is 4.68. The summed E-state index contributed by atoms with van der Waals surface area (Å²) in [6.07, 6.45) is 2.06. The fraction of sp³-hybridized carbons (Fsp3) is 0.583. The van der Waals surface area contributed by atoms with Gasteiger partial charge >= 0.3 is 0 Å². The molecule has 0 unspecified atom stereocenters. The SMILES string of the molecule is Cc1csc(SCC(=O)N[C@](C)(C#N)C2CC2)n1. The lowest BCUT2D eigenvalue weighted by Crippen LogP contribution is -2.47. The predicted octanol–water partition coefficient (Wildman–Crippen LogP) is 2.35. The lowest BCUT2D eigenvalue weighted by molar-refractivity contribution is -0.119. The number of nitrogens with one attached hydrogen (secondary N) is 1. The van der Waals surface area contributed by atoms with Crippen LogP contribution < -0.4 is 5.32 Å². The normalized spacial score (nSPS) is 17.8. The summed E-state index contributed by atoms with van der Waals surface area (Å²) in [5.74, 6) is 0.541. The van der Waals surface area contributed by atoms with Crippen LogP contribution in [0.4, 0.5) is 0 Å².